The monoisotopic (exact) mass is 329 g/mol. The quantitative estimate of drug-likeness (QED) is 0.862. The van der Waals surface area contributed by atoms with Crippen LogP contribution in [-0.2, 0) is 4.79 Å². The largest absolute Gasteiger partial charge is 0.345 e. The van der Waals surface area contributed by atoms with Gasteiger partial charge in [0, 0.05) is 33.3 Å². The Kier molecular flexibility index (Phi) is 4.51. The van der Waals surface area contributed by atoms with E-state index in [1.807, 2.05) is 17.9 Å². The number of hydrogen-bond acceptors (Lipinski definition) is 4. The number of hydrogen-bond donors (Lipinski definition) is 0. The van der Waals surface area contributed by atoms with Gasteiger partial charge >= 0.3 is 0 Å². The molecule has 0 bridgehead atoms. The number of piperidine rings is 1. The maximum atomic E-state index is 12.3. The lowest BCUT2D eigenvalue weighted by Crippen LogP contribution is -2.39. The van der Waals surface area contributed by atoms with Crippen LogP contribution in [0, 0.1) is 0 Å². The van der Waals surface area contributed by atoms with Gasteiger partial charge in [-0.3, -0.25) is 9.59 Å². The van der Waals surface area contributed by atoms with Crippen molar-refractivity contribution in [1.29, 1.82) is 0 Å². The standard InChI is InChI=1S/C17H23N5O2/c1-4-15(23)21-10-6-5-7-13(21)14-8-9-18-16-12(11-19-22(14)16)17(24)20(2)3/h8-9,11,13H,4-7,10H2,1-3H3. The van der Waals surface area contributed by atoms with E-state index < -0.39 is 0 Å². The van der Waals surface area contributed by atoms with Gasteiger partial charge in [-0.15, -0.1) is 0 Å². The van der Waals surface area contributed by atoms with E-state index in [2.05, 4.69) is 10.1 Å². The molecular weight excluding hydrogens is 306 g/mol. The van der Waals surface area contributed by atoms with Crippen molar-refractivity contribution in [3.05, 3.63) is 29.7 Å². The van der Waals surface area contributed by atoms with E-state index in [1.54, 1.807) is 31.0 Å². The van der Waals surface area contributed by atoms with E-state index in [4.69, 9.17) is 0 Å². The van der Waals surface area contributed by atoms with Crippen LogP contribution in [0.15, 0.2) is 18.5 Å². The van der Waals surface area contributed by atoms with Gasteiger partial charge in [-0.1, -0.05) is 6.92 Å². The van der Waals surface area contributed by atoms with Crippen molar-refractivity contribution in [3.8, 4) is 0 Å². The fourth-order valence-electron chi connectivity index (χ4n) is 3.29. The van der Waals surface area contributed by atoms with Gasteiger partial charge in [0.15, 0.2) is 5.65 Å². The molecule has 7 nitrogen and oxygen atoms in total. The number of likely N-dealkylation sites (tertiary alicyclic amines) is 1. The Morgan fingerprint density at radius 3 is 2.83 bits per heavy atom. The minimum absolute atomic E-state index is 0.0149. The molecule has 0 aliphatic carbocycles. The predicted octanol–water partition coefficient (Wildman–Crippen LogP) is 1.89. The zero-order valence-corrected chi connectivity index (χ0v) is 14.4. The minimum Gasteiger partial charge on any atom is -0.345 e. The van der Waals surface area contributed by atoms with Crippen molar-refractivity contribution >= 4 is 17.5 Å². The van der Waals surface area contributed by atoms with Crippen LogP contribution in [0.25, 0.3) is 5.65 Å². The predicted molar refractivity (Wildman–Crippen MR) is 89.6 cm³/mol. The summed E-state index contributed by atoms with van der Waals surface area (Å²) in [5.74, 6) is 0.0289. The second-order valence-corrected chi connectivity index (χ2v) is 6.32. The summed E-state index contributed by atoms with van der Waals surface area (Å²) in [5.41, 5.74) is 1.94. The molecule has 1 atom stereocenters. The Morgan fingerprint density at radius 1 is 1.33 bits per heavy atom. The summed E-state index contributed by atoms with van der Waals surface area (Å²) in [6.07, 6.45) is 6.76. The highest BCUT2D eigenvalue weighted by atomic mass is 16.2. The Labute approximate surface area is 141 Å². The normalized spacial score (nSPS) is 18.0. The van der Waals surface area contributed by atoms with Gasteiger partial charge in [0.25, 0.3) is 5.91 Å². The van der Waals surface area contributed by atoms with Crippen LogP contribution in [0.4, 0.5) is 0 Å². The van der Waals surface area contributed by atoms with Crippen molar-refractivity contribution in [1.82, 2.24) is 24.4 Å². The topological polar surface area (TPSA) is 70.8 Å². The summed E-state index contributed by atoms with van der Waals surface area (Å²) in [7, 11) is 3.41. The molecule has 1 aliphatic rings. The SMILES string of the molecule is CCC(=O)N1CCCCC1c1ccnc2c(C(=O)N(C)C)cnn12. The van der Waals surface area contributed by atoms with Gasteiger partial charge in [0.2, 0.25) is 5.91 Å². The molecule has 1 unspecified atom stereocenters. The number of carbonyl (C=O) groups excluding carboxylic acids is 2. The van der Waals surface area contributed by atoms with Crippen molar-refractivity contribution in [2.45, 2.75) is 38.6 Å². The third-order valence-electron chi connectivity index (χ3n) is 4.53. The minimum atomic E-state index is -0.125. The van der Waals surface area contributed by atoms with Gasteiger partial charge in [-0.05, 0) is 25.3 Å². The molecule has 2 aromatic rings. The molecule has 0 spiro atoms. The van der Waals surface area contributed by atoms with Crippen LogP contribution in [0.3, 0.4) is 0 Å². The number of rotatable bonds is 3. The number of amides is 2. The summed E-state index contributed by atoms with van der Waals surface area (Å²) in [6, 6.07) is 1.88. The zero-order chi connectivity index (χ0) is 17.3. The second kappa shape index (κ2) is 6.59. The molecule has 0 aromatic carbocycles. The number of aromatic nitrogens is 3. The van der Waals surface area contributed by atoms with E-state index in [-0.39, 0.29) is 17.9 Å². The average molecular weight is 329 g/mol. The Bertz CT molecular complexity index is 767. The molecule has 3 rings (SSSR count). The van der Waals surface area contributed by atoms with Gasteiger partial charge in [0.1, 0.15) is 5.56 Å². The first-order chi connectivity index (χ1) is 11.5. The molecule has 0 N–H and O–H groups in total. The molecule has 0 radical (unpaired) electrons. The molecular formula is C17H23N5O2. The zero-order valence-electron chi connectivity index (χ0n) is 14.4. The molecule has 7 heteroatoms. The summed E-state index contributed by atoms with van der Waals surface area (Å²) < 4.78 is 1.71. The fourth-order valence-corrected chi connectivity index (χ4v) is 3.29. The maximum absolute atomic E-state index is 12.3. The Hall–Kier alpha value is -2.44. The van der Waals surface area contributed by atoms with E-state index in [9.17, 15) is 9.59 Å². The van der Waals surface area contributed by atoms with Gasteiger partial charge < -0.3 is 9.80 Å². The first-order valence-corrected chi connectivity index (χ1v) is 8.38. The lowest BCUT2D eigenvalue weighted by atomic mass is 9.98. The van der Waals surface area contributed by atoms with Crippen molar-refractivity contribution in [3.63, 3.8) is 0 Å². The first-order valence-electron chi connectivity index (χ1n) is 8.38. The lowest BCUT2D eigenvalue weighted by Gasteiger charge is -2.35. The third-order valence-corrected chi connectivity index (χ3v) is 4.53. The maximum Gasteiger partial charge on any atom is 0.258 e. The first kappa shape index (κ1) is 16.4. The molecule has 24 heavy (non-hydrogen) atoms. The molecule has 1 saturated heterocycles. The summed E-state index contributed by atoms with van der Waals surface area (Å²) >= 11 is 0. The number of nitrogens with zero attached hydrogens (tertiary/aromatic N) is 5. The van der Waals surface area contributed by atoms with Crippen LogP contribution < -0.4 is 0 Å². The van der Waals surface area contributed by atoms with Crippen LogP contribution in [0.2, 0.25) is 0 Å². The van der Waals surface area contributed by atoms with Crippen molar-refractivity contribution in [2.24, 2.45) is 0 Å². The average Bonchev–Trinajstić information content (AvgIpc) is 3.04. The van der Waals surface area contributed by atoms with E-state index in [1.165, 1.54) is 4.90 Å². The van der Waals surface area contributed by atoms with Gasteiger partial charge in [0.05, 0.1) is 17.9 Å². The molecule has 2 aromatic heterocycles. The Morgan fingerprint density at radius 2 is 2.12 bits per heavy atom. The second-order valence-electron chi connectivity index (χ2n) is 6.32. The van der Waals surface area contributed by atoms with Crippen molar-refractivity contribution < 1.29 is 9.59 Å². The van der Waals surface area contributed by atoms with Crippen LogP contribution in [0.1, 0.15) is 54.7 Å². The van der Waals surface area contributed by atoms with Crippen LogP contribution >= 0.6 is 0 Å². The number of fused-ring (bicyclic) bond motifs is 1. The van der Waals surface area contributed by atoms with Gasteiger partial charge in [-0.25, -0.2) is 9.50 Å². The highest BCUT2D eigenvalue weighted by molar-refractivity contribution is 5.99. The summed E-state index contributed by atoms with van der Waals surface area (Å²) in [6.45, 7) is 2.66. The fraction of sp³-hybridized carbons (Fsp3) is 0.529. The molecule has 1 aliphatic heterocycles. The third kappa shape index (κ3) is 2.74. The molecule has 128 valence electrons. The van der Waals surface area contributed by atoms with Crippen molar-refractivity contribution in [2.75, 3.05) is 20.6 Å². The number of carbonyl (C=O) groups is 2. The highest BCUT2D eigenvalue weighted by Gasteiger charge is 2.29. The van der Waals surface area contributed by atoms with E-state index in [0.717, 1.165) is 31.5 Å². The highest BCUT2D eigenvalue weighted by Crippen LogP contribution is 2.31. The lowest BCUT2D eigenvalue weighted by molar-refractivity contribution is -0.134. The molecule has 0 saturated carbocycles. The van der Waals surface area contributed by atoms with E-state index >= 15 is 0 Å². The Balaban J connectivity index is 2.06. The van der Waals surface area contributed by atoms with Gasteiger partial charge in [-0.2, -0.15) is 5.10 Å². The van der Waals surface area contributed by atoms with Crippen LogP contribution in [0.5, 0.6) is 0 Å². The molecule has 1 fully saturated rings. The van der Waals surface area contributed by atoms with Crippen LogP contribution in [-0.4, -0.2) is 56.9 Å². The smallest absolute Gasteiger partial charge is 0.258 e. The summed E-state index contributed by atoms with van der Waals surface area (Å²) in [5, 5.41) is 4.39. The summed E-state index contributed by atoms with van der Waals surface area (Å²) in [4.78, 5) is 32.4. The molecule has 3 heterocycles. The molecule has 2 amide bonds. The van der Waals surface area contributed by atoms with E-state index in [0.29, 0.717) is 17.6 Å².